The Balaban J connectivity index is 1.29. The van der Waals surface area contributed by atoms with Crippen LogP contribution in [0.25, 0.3) is 16.4 Å². The van der Waals surface area contributed by atoms with Gasteiger partial charge in [-0.1, -0.05) is 19.4 Å². The van der Waals surface area contributed by atoms with E-state index in [2.05, 4.69) is 17.3 Å². The fourth-order valence-corrected chi connectivity index (χ4v) is 5.77. The molecular weight excluding hydrogens is 540 g/mol. The predicted molar refractivity (Wildman–Crippen MR) is 159 cm³/mol. The normalized spacial score (nSPS) is 15.1. The number of hydrogen-bond donors (Lipinski definition) is 1. The minimum absolute atomic E-state index is 0.0775. The number of methoxy groups -OCH3 is 2. The second-order valence-electron chi connectivity index (χ2n) is 9.87. The van der Waals surface area contributed by atoms with Crippen LogP contribution in [0, 0.1) is 0 Å². The van der Waals surface area contributed by atoms with Crippen LogP contribution >= 0.6 is 11.3 Å². The molecule has 11 heteroatoms. The van der Waals surface area contributed by atoms with Crippen LogP contribution in [0.1, 0.15) is 36.3 Å². The summed E-state index contributed by atoms with van der Waals surface area (Å²) < 4.78 is 12.3. The number of nitrogens with one attached hydrogen (secondary N) is 1. The Bertz CT molecular complexity index is 1520. The molecule has 3 heterocycles. The lowest BCUT2D eigenvalue weighted by Crippen LogP contribution is -2.56. The average Bonchev–Trinajstić information content (AvgIpc) is 3.64. The van der Waals surface area contributed by atoms with E-state index in [4.69, 9.17) is 14.5 Å². The van der Waals surface area contributed by atoms with Crippen molar-refractivity contribution in [2.24, 2.45) is 0 Å². The van der Waals surface area contributed by atoms with Crippen LogP contribution in [0.2, 0.25) is 0 Å². The molecular formula is C30H34N6O4S. The third-order valence-electron chi connectivity index (χ3n) is 7.14. The molecule has 4 aromatic rings. The van der Waals surface area contributed by atoms with E-state index in [0.717, 1.165) is 29.1 Å². The molecule has 5 rings (SSSR count). The highest BCUT2D eigenvalue weighted by molar-refractivity contribution is 7.12. The van der Waals surface area contributed by atoms with E-state index in [1.807, 2.05) is 59.7 Å². The minimum Gasteiger partial charge on any atom is -0.497 e. The Morgan fingerprint density at radius 1 is 1.07 bits per heavy atom. The van der Waals surface area contributed by atoms with Gasteiger partial charge in [0, 0.05) is 48.4 Å². The van der Waals surface area contributed by atoms with Crippen LogP contribution in [0.4, 0.5) is 10.5 Å². The predicted octanol–water partition coefficient (Wildman–Crippen LogP) is 5.34. The summed E-state index contributed by atoms with van der Waals surface area (Å²) in [5.74, 6) is 1.38. The highest BCUT2D eigenvalue weighted by Crippen LogP contribution is 2.28. The fraction of sp³-hybridized carbons (Fsp3) is 0.333. The topological polar surface area (TPSA) is 102 Å². The molecule has 1 N–H and O–H groups in total. The van der Waals surface area contributed by atoms with Crippen LogP contribution < -0.4 is 14.8 Å². The van der Waals surface area contributed by atoms with Crippen molar-refractivity contribution >= 4 is 29.0 Å². The summed E-state index contributed by atoms with van der Waals surface area (Å²) in [7, 11) is 3.23. The summed E-state index contributed by atoms with van der Waals surface area (Å²) in [6.07, 6.45) is 3.20. The SMILES string of the molecule is CCCc1c(C(=O)N2CCN(C(=O)Nc3cccc(OC)c3)C(C)C2)cnn1-c1nc(-c2ccc(OC)cc2)cs1. The van der Waals surface area contributed by atoms with Crippen molar-refractivity contribution in [2.45, 2.75) is 32.7 Å². The number of ether oxygens (including phenoxy) is 2. The highest BCUT2D eigenvalue weighted by Gasteiger charge is 2.32. The Kier molecular flexibility index (Phi) is 8.53. The number of carbonyl (C=O) groups is 2. The first-order valence-corrected chi connectivity index (χ1v) is 14.5. The number of rotatable bonds is 8. The van der Waals surface area contributed by atoms with Crippen molar-refractivity contribution in [1.82, 2.24) is 24.6 Å². The van der Waals surface area contributed by atoms with E-state index in [1.165, 1.54) is 11.3 Å². The van der Waals surface area contributed by atoms with Gasteiger partial charge in [-0.15, -0.1) is 11.3 Å². The summed E-state index contributed by atoms with van der Waals surface area (Å²) in [6.45, 7) is 5.33. The smallest absolute Gasteiger partial charge is 0.322 e. The van der Waals surface area contributed by atoms with Crippen LogP contribution in [0.15, 0.2) is 60.1 Å². The summed E-state index contributed by atoms with van der Waals surface area (Å²) in [5.41, 5.74) is 3.91. The third-order valence-corrected chi connectivity index (χ3v) is 7.96. The maximum absolute atomic E-state index is 13.7. The van der Waals surface area contributed by atoms with Gasteiger partial charge in [0.25, 0.3) is 5.91 Å². The molecule has 1 saturated heterocycles. The molecule has 1 fully saturated rings. The van der Waals surface area contributed by atoms with Gasteiger partial charge in [-0.2, -0.15) is 5.10 Å². The highest BCUT2D eigenvalue weighted by atomic mass is 32.1. The first kappa shape index (κ1) is 28.2. The molecule has 1 aliphatic rings. The Hall–Kier alpha value is -4.38. The molecule has 0 saturated carbocycles. The Morgan fingerprint density at radius 2 is 1.85 bits per heavy atom. The lowest BCUT2D eigenvalue weighted by molar-refractivity contribution is 0.0591. The second kappa shape index (κ2) is 12.4. The van der Waals surface area contributed by atoms with Crippen LogP contribution in [-0.4, -0.2) is 76.4 Å². The van der Waals surface area contributed by atoms with E-state index < -0.39 is 0 Å². The molecule has 1 unspecified atom stereocenters. The standard InChI is InChI=1S/C30H34N6O4S/c1-5-7-27-25(17-31-36(27)30-33-26(19-41-30)21-10-12-23(39-3)13-11-21)28(37)34-14-15-35(20(2)18-34)29(38)32-22-8-6-9-24(16-22)40-4/h6,8-13,16-17,19-20H,5,7,14-15,18H2,1-4H3,(H,32,38). The van der Waals surface area contributed by atoms with Crippen molar-refractivity contribution in [2.75, 3.05) is 39.2 Å². The van der Waals surface area contributed by atoms with Gasteiger partial charge in [0.15, 0.2) is 0 Å². The molecule has 2 aromatic heterocycles. The van der Waals surface area contributed by atoms with Gasteiger partial charge in [0.2, 0.25) is 5.13 Å². The van der Waals surface area contributed by atoms with E-state index >= 15 is 0 Å². The number of amides is 3. The molecule has 0 radical (unpaired) electrons. The van der Waals surface area contributed by atoms with Crippen molar-refractivity contribution in [3.63, 3.8) is 0 Å². The molecule has 41 heavy (non-hydrogen) atoms. The maximum Gasteiger partial charge on any atom is 0.322 e. The van der Waals surface area contributed by atoms with Gasteiger partial charge < -0.3 is 24.6 Å². The molecule has 0 bridgehead atoms. The second-order valence-corrected chi connectivity index (χ2v) is 10.7. The summed E-state index contributed by atoms with van der Waals surface area (Å²) in [5, 5.41) is 10.2. The lowest BCUT2D eigenvalue weighted by Gasteiger charge is -2.39. The average molecular weight is 575 g/mol. The number of hydrogen-bond acceptors (Lipinski definition) is 7. The largest absolute Gasteiger partial charge is 0.497 e. The van der Waals surface area contributed by atoms with Gasteiger partial charge in [0.1, 0.15) is 11.5 Å². The van der Waals surface area contributed by atoms with Crippen molar-refractivity contribution < 1.29 is 19.1 Å². The summed E-state index contributed by atoms with van der Waals surface area (Å²) >= 11 is 1.49. The number of nitrogens with zero attached hydrogens (tertiary/aromatic N) is 5. The van der Waals surface area contributed by atoms with E-state index in [9.17, 15) is 9.59 Å². The number of thiazole rings is 1. The fourth-order valence-electron chi connectivity index (χ4n) is 4.96. The van der Waals surface area contributed by atoms with E-state index in [0.29, 0.717) is 48.2 Å². The Labute approximate surface area is 243 Å². The molecule has 2 aromatic carbocycles. The number of benzene rings is 2. The van der Waals surface area contributed by atoms with Crippen LogP contribution in [-0.2, 0) is 6.42 Å². The zero-order chi connectivity index (χ0) is 28.9. The monoisotopic (exact) mass is 574 g/mol. The van der Waals surface area contributed by atoms with Crippen molar-refractivity contribution in [3.05, 3.63) is 71.4 Å². The molecule has 3 amide bonds. The van der Waals surface area contributed by atoms with E-state index in [-0.39, 0.29) is 18.0 Å². The number of aromatic nitrogens is 3. The van der Waals surface area contributed by atoms with Crippen molar-refractivity contribution in [1.29, 1.82) is 0 Å². The number of anilines is 1. The molecule has 214 valence electrons. The third kappa shape index (κ3) is 6.04. The number of carbonyl (C=O) groups excluding carboxylic acids is 2. The van der Waals surface area contributed by atoms with E-state index in [1.54, 1.807) is 36.1 Å². The molecule has 10 nitrogen and oxygen atoms in total. The van der Waals surface area contributed by atoms with Crippen LogP contribution in [0.5, 0.6) is 11.5 Å². The van der Waals surface area contributed by atoms with Crippen molar-refractivity contribution in [3.8, 4) is 27.9 Å². The van der Waals surface area contributed by atoms with Gasteiger partial charge in [0.05, 0.1) is 37.4 Å². The minimum atomic E-state index is -0.200. The summed E-state index contributed by atoms with van der Waals surface area (Å²) in [6, 6.07) is 14.6. The first-order valence-electron chi connectivity index (χ1n) is 13.6. The Morgan fingerprint density at radius 3 is 2.56 bits per heavy atom. The lowest BCUT2D eigenvalue weighted by atomic mass is 10.1. The van der Waals surface area contributed by atoms with Gasteiger partial charge in [-0.05, 0) is 49.7 Å². The molecule has 0 aliphatic carbocycles. The zero-order valence-corrected chi connectivity index (χ0v) is 24.5. The number of urea groups is 1. The maximum atomic E-state index is 13.7. The van der Waals surface area contributed by atoms with Gasteiger partial charge in [-0.25, -0.2) is 14.5 Å². The molecule has 0 spiro atoms. The quantitative estimate of drug-likeness (QED) is 0.305. The molecule has 1 aliphatic heterocycles. The number of piperazine rings is 1. The van der Waals surface area contributed by atoms with Gasteiger partial charge >= 0.3 is 6.03 Å². The van der Waals surface area contributed by atoms with Crippen LogP contribution in [0.3, 0.4) is 0 Å². The molecule has 1 atom stereocenters. The first-order chi connectivity index (χ1) is 19.9. The zero-order valence-electron chi connectivity index (χ0n) is 23.7. The van der Waals surface area contributed by atoms with Gasteiger partial charge in [-0.3, -0.25) is 4.79 Å². The summed E-state index contributed by atoms with van der Waals surface area (Å²) in [4.78, 5) is 35.1.